The van der Waals surface area contributed by atoms with Gasteiger partial charge in [0.05, 0.1) is 21.1 Å². The normalized spacial score (nSPS) is 16.5. The Morgan fingerprint density at radius 2 is 1.74 bits per heavy atom. The summed E-state index contributed by atoms with van der Waals surface area (Å²) in [7, 11) is 0. The van der Waals surface area contributed by atoms with Gasteiger partial charge in [-0.25, -0.2) is 0 Å². The Morgan fingerprint density at radius 1 is 0.968 bits per heavy atom. The Hall–Kier alpha value is -2.43. The molecule has 2 aromatic carbocycles. The average molecular weight is 453 g/mol. The van der Waals surface area contributed by atoms with Crippen molar-refractivity contribution >= 4 is 45.8 Å². The van der Waals surface area contributed by atoms with Gasteiger partial charge in [-0.1, -0.05) is 41.4 Å². The zero-order valence-corrected chi connectivity index (χ0v) is 18.5. The second-order valence-electron chi connectivity index (χ2n) is 8.34. The van der Waals surface area contributed by atoms with Crippen LogP contribution in [0.25, 0.3) is 10.9 Å². The maximum absolute atomic E-state index is 13.6. The zero-order chi connectivity index (χ0) is 21.5. The first-order valence-electron chi connectivity index (χ1n) is 10.7. The molecule has 2 aliphatic rings. The number of fused-ring (bicyclic) bond motifs is 2. The molecular weight excluding hydrogens is 431 g/mol. The molecule has 1 aliphatic carbocycles. The molecule has 5 rings (SSSR count). The summed E-state index contributed by atoms with van der Waals surface area (Å²) in [5.74, 6) is 0.0271. The number of aryl methyl sites for hydroxylation is 1. The van der Waals surface area contributed by atoms with E-state index in [-0.39, 0.29) is 17.6 Å². The van der Waals surface area contributed by atoms with Gasteiger partial charge in [-0.05, 0) is 61.9 Å². The highest BCUT2D eigenvalue weighted by molar-refractivity contribution is 6.42. The van der Waals surface area contributed by atoms with Gasteiger partial charge in [-0.3, -0.25) is 14.6 Å². The number of ketones is 1. The van der Waals surface area contributed by atoms with Crippen LogP contribution in [0, 0.1) is 5.92 Å². The molecule has 1 aromatic heterocycles. The molecule has 0 bridgehead atoms. The third-order valence-electron chi connectivity index (χ3n) is 6.49. The monoisotopic (exact) mass is 452 g/mol. The highest BCUT2D eigenvalue weighted by Gasteiger charge is 2.31. The van der Waals surface area contributed by atoms with Crippen molar-refractivity contribution in [1.29, 1.82) is 0 Å². The van der Waals surface area contributed by atoms with E-state index in [0.717, 1.165) is 47.0 Å². The van der Waals surface area contributed by atoms with E-state index in [1.165, 1.54) is 0 Å². The molecule has 1 amide bonds. The molecule has 1 saturated heterocycles. The van der Waals surface area contributed by atoms with Crippen molar-refractivity contribution in [3.63, 3.8) is 0 Å². The number of pyridine rings is 1. The predicted molar refractivity (Wildman–Crippen MR) is 123 cm³/mol. The minimum Gasteiger partial charge on any atom is -0.339 e. The van der Waals surface area contributed by atoms with Crippen molar-refractivity contribution in [2.75, 3.05) is 13.1 Å². The van der Waals surface area contributed by atoms with E-state index in [4.69, 9.17) is 28.2 Å². The number of hydrogen-bond donors (Lipinski definition) is 0. The van der Waals surface area contributed by atoms with Gasteiger partial charge < -0.3 is 4.90 Å². The van der Waals surface area contributed by atoms with E-state index in [9.17, 15) is 9.59 Å². The van der Waals surface area contributed by atoms with E-state index in [0.29, 0.717) is 41.5 Å². The number of piperidine rings is 1. The van der Waals surface area contributed by atoms with Crippen molar-refractivity contribution in [1.82, 2.24) is 9.88 Å². The molecule has 0 unspecified atom stereocenters. The lowest BCUT2D eigenvalue weighted by molar-refractivity contribution is 0.0651. The summed E-state index contributed by atoms with van der Waals surface area (Å²) in [6, 6.07) is 12.9. The van der Waals surface area contributed by atoms with Gasteiger partial charge in [0.1, 0.15) is 0 Å². The van der Waals surface area contributed by atoms with Gasteiger partial charge >= 0.3 is 0 Å². The molecule has 0 atom stereocenters. The summed E-state index contributed by atoms with van der Waals surface area (Å²) >= 11 is 12.1. The fourth-order valence-electron chi connectivity index (χ4n) is 4.84. The maximum Gasteiger partial charge on any atom is 0.254 e. The number of Topliss-reactive ketones (excluding diaryl/α,β-unsaturated/α-hetero) is 1. The van der Waals surface area contributed by atoms with E-state index in [1.54, 1.807) is 18.2 Å². The van der Waals surface area contributed by atoms with Crippen molar-refractivity contribution in [3.05, 3.63) is 74.9 Å². The highest BCUT2D eigenvalue weighted by Crippen LogP contribution is 2.32. The van der Waals surface area contributed by atoms with Crippen LogP contribution in [0.5, 0.6) is 0 Å². The maximum atomic E-state index is 13.6. The Morgan fingerprint density at radius 3 is 2.52 bits per heavy atom. The van der Waals surface area contributed by atoms with E-state index >= 15 is 0 Å². The van der Waals surface area contributed by atoms with Gasteiger partial charge in [0.25, 0.3) is 5.91 Å². The van der Waals surface area contributed by atoms with E-state index < -0.39 is 0 Å². The summed E-state index contributed by atoms with van der Waals surface area (Å²) in [6.45, 7) is 1.14. The molecule has 1 aliphatic heterocycles. The first-order valence-corrected chi connectivity index (χ1v) is 11.5. The lowest BCUT2D eigenvalue weighted by Crippen LogP contribution is -2.40. The van der Waals surface area contributed by atoms with Gasteiger partial charge in [0.15, 0.2) is 5.78 Å². The van der Waals surface area contributed by atoms with Crippen LogP contribution in [0.4, 0.5) is 0 Å². The first-order chi connectivity index (χ1) is 15.0. The van der Waals surface area contributed by atoms with E-state index in [1.807, 2.05) is 29.2 Å². The standard InChI is InChI=1S/C25H22Cl2N2O2/c26-19-9-8-16(14-20(19)27)24(30)15-10-12-29(13-11-15)25(31)23-17-4-1-2-6-21(17)28-22-7-3-5-18(22)23/h1-2,4,6,8-9,14-15H,3,5,7,10-13H2. The molecule has 2 heterocycles. The fraction of sp³-hybridized carbons (Fsp3) is 0.320. The predicted octanol–water partition coefficient (Wildman–Crippen LogP) is 5.77. The molecular formula is C25H22Cl2N2O2. The molecule has 31 heavy (non-hydrogen) atoms. The largest absolute Gasteiger partial charge is 0.339 e. The molecule has 6 heteroatoms. The molecule has 0 radical (unpaired) electrons. The van der Waals surface area contributed by atoms with Gasteiger partial charge in [-0.2, -0.15) is 0 Å². The summed E-state index contributed by atoms with van der Waals surface area (Å²) in [5.41, 5.74) is 4.45. The van der Waals surface area contributed by atoms with Gasteiger partial charge in [0.2, 0.25) is 0 Å². The van der Waals surface area contributed by atoms with Crippen molar-refractivity contribution in [3.8, 4) is 0 Å². The van der Waals surface area contributed by atoms with Crippen LogP contribution in [0.2, 0.25) is 10.0 Å². The number of carbonyl (C=O) groups excluding carboxylic acids is 2. The number of amides is 1. The van der Waals surface area contributed by atoms with Gasteiger partial charge in [-0.15, -0.1) is 0 Å². The van der Waals surface area contributed by atoms with Crippen LogP contribution in [-0.4, -0.2) is 34.7 Å². The minimum absolute atomic E-state index is 0.0668. The molecule has 0 N–H and O–H groups in total. The Bertz CT molecular complexity index is 1200. The number of rotatable bonds is 3. The lowest BCUT2D eigenvalue weighted by atomic mass is 9.88. The summed E-state index contributed by atoms with van der Waals surface area (Å²) in [4.78, 5) is 33.2. The van der Waals surface area contributed by atoms with Crippen LogP contribution in [0.3, 0.4) is 0 Å². The number of halogens is 2. The zero-order valence-electron chi connectivity index (χ0n) is 17.0. The van der Waals surface area contributed by atoms with Crippen LogP contribution in [-0.2, 0) is 12.8 Å². The molecule has 158 valence electrons. The lowest BCUT2D eigenvalue weighted by Gasteiger charge is -2.32. The molecule has 0 spiro atoms. The number of nitrogens with zero attached hydrogens (tertiary/aromatic N) is 2. The van der Waals surface area contributed by atoms with Crippen molar-refractivity contribution in [2.24, 2.45) is 5.92 Å². The third kappa shape index (κ3) is 3.72. The smallest absolute Gasteiger partial charge is 0.254 e. The van der Waals surface area contributed by atoms with Crippen molar-refractivity contribution in [2.45, 2.75) is 32.1 Å². The second-order valence-corrected chi connectivity index (χ2v) is 9.16. The highest BCUT2D eigenvalue weighted by atomic mass is 35.5. The van der Waals surface area contributed by atoms with E-state index in [2.05, 4.69) is 0 Å². The van der Waals surface area contributed by atoms with Crippen LogP contribution in [0.15, 0.2) is 42.5 Å². The topological polar surface area (TPSA) is 50.3 Å². The van der Waals surface area contributed by atoms with Crippen LogP contribution >= 0.6 is 23.2 Å². The second kappa shape index (κ2) is 8.25. The summed E-state index contributed by atoms with van der Waals surface area (Å²) < 4.78 is 0. The average Bonchev–Trinajstić information content (AvgIpc) is 3.26. The van der Waals surface area contributed by atoms with Gasteiger partial charge in [0, 0.05) is 35.7 Å². The van der Waals surface area contributed by atoms with Crippen LogP contribution in [0.1, 0.15) is 51.2 Å². The minimum atomic E-state index is -0.110. The Kier molecular flexibility index (Phi) is 5.45. The Labute approximate surface area is 191 Å². The molecule has 1 fully saturated rings. The SMILES string of the molecule is O=C(c1ccc(Cl)c(Cl)c1)C1CCN(C(=O)c2c3c(nc4ccccc24)CCC3)CC1. The Balaban J connectivity index is 1.36. The number of likely N-dealkylation sites (tertiary alicyclic amines) is 1. The fourth-order valence-corrected chi connectivity index (χ4v) is 5.14. The number of hydrogen-bond acceptors (Lipinski definition) is 3. The summed E-state index contributed by atoms with van der Waals surface area (Å²) in [5, 5.41) is 1.76. The molecule has 0 saturated carbocycles. The summed E-state index contributed by atoms with van der Waals surface area (Å²) in [6.07, 6.45) is 4.17. The number of para-hydroxylation sites is 1. The number of benzene rings is 2. The van der Waals surface area contributed by atoms with Crippen molar-refractivity contribution < 1.29 is 9.59 Å². The molecule has 3 aromatic rings. The quantitative estimate of drug-likeness (QED) is 0.474. The first kappa shape index (κ1) is 20.5. The number of carbonyl (C=O) groups is 2. The van der Waals surface area contributed by atoms with Crippen LogP contribution < -0.4 is 0 Å². The third-order valence-corrected chi connectivity index (χ3v) is 7.23. The number of aromatic nitrogens is 1. The molecule has 4 nitrogen and oxygen atoms in total.